The van der Waals surface area contributed by atoms with E-state index in [9.17, 15) is 0 Å². The minimum Gasteiger partial charge on any atom is -0.383 e. The van der Waals surface area contributed by atoms with Crippen LogP contribution in [0.3, 0.4) is 0 Å². The monoisotopic (exact) mass is 264 g/mol. The number of benzene rings is 1. The van der Waals surface area contributed by atoms with E-state index < -0.39 is 0 Å². The Balaban J connectivity index is 2.84. The van der Waals surface area contributed by atoms with Crippen molar-refractivity contribution >= 4 is 5.69 Å². The van der Waals surface area contributed by atoms with Gasteiger partial charge in [0.2, 0.25) is 0 Å². The molecule has 0 heterocycles. The van der Waals surface area contributed by atoms with Crippen molar-refractivity contribution in [3.8, 4) is 0 Å². The molecule has 0 aliphatic carbocycles. The van der Waals surface area contributed by atoms with E-state index in [1.165, 1.54) is 11.3 Å². The number of ether oxygens (including phenoxy) is 1. The molecule has 2 atom stereocenters. The van der Waals surface area contributed by atoms with Crippen LogP contribution in [0.5, 0.6) is 0 Å². The molecule has 2 N–H and O–H groups in total. The first-order valence-corrected chi connectivity index (χ1v) is 7.25. The van der Waals surface area contributed by atoms with Crippen LogP contribution < -0.4 is 10.6 Å². The summed E-state index contributed by atoms with van der Waals surface area (Å²) in [4.78, 5) is 2.39. The van der Waals surface area contributed by atoms with Gasteiger partial charge in [-0.25, -0.2) is 0 Å². The molecule has 2 unspecified atom stereocenters. The molecule has 0 radical (unpaired) electrons. The fourth-order valence-electron chi connectivity index (χ4n) is 2.16. The molecule has 0 bridgehead atoms. The van der Waals surface area contributed by atoms with Gasteiger partial charge >= 0.3 is 0 Å². The number of hydrogen-bond acceptors (Lipinski definition) is 3. The highest BCUT2D eigenvalue weighted by Gasteiger charge is 2.13. The molecule has 0 saturated carbocycles. The van der Waals surface area contributed by atoms with E-state index in [-0.39, 0.29) is 6.04 Å². The van der Waals surface area contributed by atoms with Crippen LogP contribution >= 0.6 is 0 Å². The number of methoxy groups -OCH3 is 1. The maximum Gasteiger partial charge on any atom is 0.0637 e. The van der Waals surface area contributed by atoms with Crippen LogP contribution in [0.25, 0.3) is 0 Å². The van der Waals surface area contributed by atoms with Gasteiger partial charge < -0.3 is 15.4 Å². The van der Waals surface area contributed by atoms with Crippen LogP contribution in [-0.2, 0) is 4.74 Å². The lowest BCUT2D eigenvalue weighted by molar-refractivity contribution is 0.203. The lowest BCUT2D eigenvalue weighted by Gasteiger charge is -2.31. The Morgan fingerprint density at radius 3 is 2.26 bits per heavy atom. The minimum absolute atomic E-state index is 0.144. The van der Waals surface area contributed by atoms with Crippen molar-refractivity contribution < 1.29 is 4.74 Å². The van der Waals surface area contributed by atoms with Gasteiger partial charge in [-0.15, -0.1) is 0 Å². The molecule has 19 heavy (non-hydrogen) atoms. The molecule has 0 amide bonds. The summed E-state index contributed by atoms with van der Waals surface area (Å²) in [5, 5.41) is 0. The third-order valence-corrected chi connectivity index (χ3v) is 3.75. The Kier molecular flexibility index (Phi) is 6.89. The molecule has 0 fully saturated rings. The lowest BCUT2D eigenvalue weighted by atomic mass is 10.0. The number of nitrogens with zero attached hydrogens (tertiary/aromatic N) is 1. The topological polar surface area (TPSA) is 38.5 Å². The van der Waals surface area contributed by atoms with Gasteiger partial charge in [-0.05, 0) is 37.5 Å². The number of anilines is 1. The SMILES string of the molecule is CCC(N)c1ccc(N(CCOC)C(C)CC)cc1. The summed E-state index contributed by atoms with van der Waals surface area (Å²) in [6.07, 6.45) is 2.10. The zero-order valence-electron chi connectivity index (χ0n) is 12.7. The number of nitrogens with two attached hydrogens (primary N) is 1. The predicted molar refractivity (Wildman–Crippen MR) is 82.6 cm³/mol. The van der Waals surface area contributed by atoms with E-state index >= 15 is 0 Å². The first-order chi connectivity index (χ1) is 9.13. The Hall–Kier alpha value is -1.06. The third kappa shape index (κ3) is 4.51. The zero-order chi connectivity index (χ0) is 14.3. The van der Waals surface area contributed by atoms with Crippen LogP contribution in [0.1, 0.15) is 45.2 Å². The van der Waals surface area contributed by atoms with Gasteiger partial charge in [0.05, 0.1) is 6.61 Å². The Labute approximate surface area is 117 Å². The van der Waals surface area contributed by atoms with Crippen molar-refractivity contribution in [1.29, 1.82) is 0 Å². The zero-order valence-corrected chi connectivity index (χ0v) is 12.7. The van der Waals surface area contributed by atoms with Gasteiger partial charge in [0, 0.05) is 31.4 Å². The second kappa shape index (κ2) is 8.18. The molecule has 3 nitrogen and oxygen atoms in total. The lowest BCUT2D eigenvalue weighted by Crippen LogP contribution is -2.35. The van der Waals surface area contributed by atoms with E-state index in [2.05, 4.69) is 49.9 Å². The average molecular weight is 264 g/mol. The van der Waals surface area contributed by atoms with E-state index in [1.54, 1.807) is 7.11 Å². The predicted octanol–water partition coefficient (Wildman–Crippen LogP) is 3.35. The molecule has 0 aliphatic rings. The van der Waals surface area contributed by atoms with Crippen molar-refractivity contribution in [3.05, 3.63) is 29.8 Å². The van der Waals surface area contributed by atoms with Gasteiger partial charge in [0.15, 0.2) is 0 Å². The van der Waals surface area contributed by atoms with Gasteiger partial charge in [-0.3, -0.25) is 0 Å². The van der Waals surface area contributed by atoms with Crippen molar-refractivity contribution in [2.45, 2.75) is 45.7 Å². The summed E-state index contributed by atoms with van der Waals surface area (Å²) in [6.45, 7) is 8.25. The molecule has 0 aliphatic heterocycles. The summed E-state index contributed by atoms with van der Waals surface area (Å²) in [5.74, 6) is 0. The van der Waals surface area contributed by atoms with Crippen LogP contribution in [0.2, 0.25) is 0 Å². The summed E-state index contributed by atoms with van der Waals surface area (Å²) in [6, 6.07) is 9.29. The maximum atomic E-state index is 6.05. The molecule has 1 aromatic carbocycles. The molecular formula is C16H28N2O. The summed E-state index contributed by atoms with van der Waals surface area (Å²) >= 11 is 0. The molecule has 1 aromatic rings. The van der Waals surface area contributed by atoms with Crippen molar-refractivity contribution in [1.82, 2.24) is 0 Å². The Morgan fingerprint density at radius 1 is 1.16 bits per heavy atom. The van der Waals surface area contributed by atoms with Crippen LogP contribution in [-0.4, -0.2) is 26.3 Å². The normalized spacial score (nSPS) is 14.2. The fraction of sp³-hybridized carbons (Fsp3) is 0.625. The van der Waals surface area contributed by atoms with Gasteiger partial charge in [0.25, 0.3) is 0 Å². The minimum atomic E-state index is 0.144. The number of rotatable bonds is 8. The first-order valence-electron chi connectivity index (χ1n) is 7.25. The van der Waals surface area contributed by atoms with Gasteiger partial charge in [-0.2, -0.15) is 0 Å². The van der Waals surface area contributed by atoms with Crippen LogP contribution in [0, 0.1) is 0 Å². The quantitative estimate of drug-likeness (QED) is 0.782. The van der Waals surface area contributed by atoms with Crippen molar-refractivity contribution in [3.63, 3.8) is 0 Å². The van der Waals surface area contributed by atoms with E-state index in [0.29, 0.717) is 6.04 Å². The summed E-state index contributed by atoms with van der Waals surface area (Å²) in [7, 11) is 1.75. The molecular weight excluding hydrogens is 236 g/mol. The molecule has 0 spiro atoms. The first kappa shape index (κ1) is 16.0. The van der Waals surface area contributed by atoms with E-state index in [4.69, 9.17) is 10.5 Å². The van der Waals surface area contributed by atoms with Gasteiger partial charge in [0.1, 0.15) is 0 Å². The van der Waals surface area contributed by atoms with Crippen LogP contribution in [0.4, 0.5) is 5.69 Å². The number of hydrogen-bond donors (Lipinski definition) is 1. The molecule has 0 aromatic heterocycles. The standard InChI is InChI=1S/C16H28N2O/c1-5-13(3)18(11-12-19-4)15-9-7-14(8-10-15)16(17)6-2/h7-10,13,16H,5-6,11-12,17H2,1-4H3. The molecule has 0 saturated heterocycles. The molecule has 108 valence electrons. The highest BCUT2D eigenvalue weighted by atomic mass is 16.5. The second-order valence-corrected chi connectivity index (χ2v) is 5.05. The molecule has 1 rings (SSSR count). The van der Waals surface area contributed by atoms with E-state index in [1.807, 2.05) is 0 Å². The fourth-order valence-corrected chi connectivity index (χ4v) is 2.16. The second-order valence-electron chi connectivity index (χ2n) is 5.05. The van der Waals surface area contributed by atoms with Crippen LogP contribution in [0.15, 0.2) is 24.3 Å². The summed E-state index contributed by atoms with van der Waals surface area (Å²) in [5.41, 5.74) is 8.51. The smallest absolute Gasteiger partial charge is 0.0637 e. The van der Waals surface area contributed by atoms with Crippen molar-refractivity contribution in [2.75, 3.05) is 25.2 Å². The largest absolute Gasteiger partial charge is 0.383 e. The van der Waals surface area contributed by atoms with E-state index in [0.717, 1.165) is 26.0 Å². The van der Waals surface area contributed by atoms with Gasteiger partial charge in [-0.1, -0.05) is 26.0 Å². The Bertz CT molecular complexity index is 350. The third-order valence-electron chi connectivity index (χ3n) is 3.75. The van der Waals surface area contributed by atoms with Crippen molar-refractivity contribution in [2.24, 2.45) is 5.73 Å². The maximum absolute atomic E-state index is 6.05. The molecule has 3 heteroatoms. The highest BCUT2D eigenvalue weighted by molar-refractivity contribution is 5.49. The average Bonchev–Trinajstić information content (AvgIpc) is 2.47. The Morgan fingerprint density at radius 2 is 1.79 bits per heavy atom. The highest BCUT2D eigenvalue weighted by Crippen LogP contribution is 2.22. The summed E-state index contributed by atoms with van der Waals surface area (Å²) < 4.78 is 5.21.